The van der Waals surface area contributed by atoms with Crippen molar-refractivity contribution >= 4 is 26.2 Å². The normalized spacial score (nSPS) is 37.2. The molecular weight excluding hydrogens is 656 g/mol. The molecule has 52 heavy (non-hydrogen) atoms. The first kappa shape index (κ1) is 38.2. The summed E-state index contributed by atoms with van der Waals surface area (Å²) < 4.78 is 26.6. The van der Waals surface area contributed by atoms with E-state index in [0.29, 0.717) is 36.5 Å². The van der Waals surface area contributed by atoms with Crippen LogP contribution in [0.25, 0.3) is 0 Å². The third-order valence-electron chi connectivity index (χ3n) is 15.0. The van der Waals surface area contributed by atoms with Gasteiger partial charge in [-0.15, -0.1) is 0 Å². The molecule has 8 aliphatic rings. The number of amides is 2. The fraction of sp³-hybridized carbons (Fsp3) is 0.800. The Labute approximate surface area is 312 Å². The highest BCUT2D eigenvalue weighted by atomic mass is 16.7. The molecule has 4 bridgehead atoms. The Morgan fingerprint density at radius 3 is 1.92 bits per heavy atom. The van der Waals surface area contributed by atoms with Gasteiger partial charge < -0.3 is 34.8 Å². The van der Waals surface area contributed by atoms with Crippen molar-refractivity contribution < 1.29 is 33.3 Å². The SMILES string of the molecule is CC(C)C[C@@H](NC(=O)C(Cc1ccccc1)N(CC(C)C[C@H](N)B1O[C@@H]2C[C@@H]3C[C@@H](C3(C)C)[C@]2(C)O1)C(=O)O)B1O[C@H]2C[C@@H]3C[C@@H](C3(C)C)[C@]2(C)O1. The number of nitrogens with one attached hydrogen (secondary N) is 1. The number of benzene rings is 1. The second-order valence-corrected chi connectivity index (χ2v) is 19.6. The van der Waals surface area contributed by atoms with Gasteiger partial charge in [0.1, 0.15) is 6.04 Å². The van der Waals surface area contributed by atoms with Crippen LogP contribution in [-0.2, 0) is 29.8 Å². The molecule has 2 heterocycles. The third-order valence-corrected chi connectivity index (χ3v) is 15.0. The molecule has 9 rings (SSSR count). The monoisotopic (exact) mass is 719 g/mol. The fourth-order valence-corrected chi connectivity index (χ4v) is 11.7. The molecule has 12 heteroatoms. The zero-order valence-electron chi connectivity index (χ0n) is 33.0. The van der Waals surface area contributed by atoms with Crippen molar-refractivity contribution in [1.29, 1.82) is 0 Å². The first-order valence-corrected chi connectivity index (χ1v) is 20.1. The van der Waals surface area contributed by atoms with E-state index < -0.39 is 43.9 Å². The predicted octanol–water partition coefficient (Wildman–Crippen LogP) is 6.00. The third kappa shape index (κ3) is 6.44. The van der Waals surface area contributed by atoms with Crippen molar-refractivity contribution in [3.05, 3.63) is 35.9 Å². The first-order chi connectivity index (χ1) is 24.3. The summed E-state index contributed by atoms with van der Waals surface area (Å²) in [5.41, 5.74) is 7.33. The van der Waals surface area contributed by atoms with Gasteiger partial charge in [0.25, 0.3) is 0 Å². The molecule has 2 saturated heterocycles. The molecule has 0 radical (unpaired) electrons. The van der Waals surface area contributed by atoms with Gasteiger partial charge in [0.2, 0.25) is 5.91 Å². The van der Waals surface area contributed by atoms with E-state index in [1.54, 1.807) is 0 Å². The average Bonchev–Trinajstić information content (AvgIpc) is 3.62. The number of hydrogen-bond acceptors (Lipinski definition) is 7. The van der Waals surface area contributed by atoms with Gasteiger partial charge in [0.15, 0.2) is 0 Å². The maximum absolute atomic E-state index is 14.5. The van der Waals surface area contributed by atoms with E-state index in [0.717, 1.165) is 31.2 Å². The van der Waals surface area contributed by atoms with Gasteiger partial charge in [-0.05, 0) is 104 Å². The Morgan fingerprint density at radius 2 is 1.40 bits per heavy atom. The molecule has 8 fully saturated rings. The van der Waals surface area contributed by atoms with Gasteiger partial charge in [0, 0.05) is 18.9 Å². The van der Waals surface area contributed by atoms with Gasteiger partial charge in [-0.3, -0.25) is 9.69 Å². The summed E-state index contributed by atoms with van der Waals surface area (Å²) in [6, 6.07) is 8.67. The molecule has 10 nitrogen and oxygen atoms in total. The van der Waals surface area contributed by atoms with Crippen LogP contribution in [-0.4, -0.2) is 84.1 Å². The molecule has 12 atom stereocenters. The van der Waals surface area contributed by atoms with E-state index >= 15 is 0 Å². The van der Waals surface area contributed by atoms with Gasteiger partial charge in [-0.1, -0.05) is 78.8 Å². The van der Waals surface area contributed by atoms with Crippen molar-refractivity contribution in [2.24, 2.45) is 52.1 Å². The van der Waals surface area contributed by atoms with Crippen LogP contribution in [0.3, 0.4) is 0 Å². The summed E-state index contributed by atoms with van der Waals surface area (Å²) in [4.78, 5) is 28.9. The lowest BCUT2D eigenvalue weighted by atomic mass is 9.43. The minimum Gasteiger partial charge on any atom is -0.465 e. The quantitative estimate of drug-likeness (QED) is 0.212. The summed E-state index contributed by atoms with van der Waals surface area (Å²) in [6.45, 7) is 20.1. The van der Waals surface area contributed by atoms with Crippen LogP contribution in [0.5, 0.6) is 0 Å². The largest absolute Gasteiger partial charge is 0.481 e. The van der Waals surface area contributed by atoms with Gasteiger partial charge >= 0.3 is 20.3 Å². The zero-order chi connectivity index (χ0) is 37.5. The van der Waals surface area contributed by atoms with Crippen molar-refractivity contribution in [2.75, 3.05) is 6.54 Å². The Morgan fingerprint density at radius 1 is 0.865 bits per heavy atom. The number of carboxylic acid groups (broad SMARTS) is 1. The van der Waals surface area contributed by atoms with Crippen LogP contribution in [0.4, 0.5) is 4.79 Å². The fourth-order valence-electron chi connectivity index (χ4n) is 11.7. The zero-order valence-corrected chi connectivity index (χ0v) is 33.0. The summed E-state index contributed by atoms with van der Waals surface area (Å²) >= 11 is 0. The topological polar surface area (TPSA) is 133 Å². The summed E-state index contributed by atoms with van der Waals surface area (Å²) in [6.07, 6.45) is 4.50. The Kier molecular flexibility index (Phi) is 9.96. The lowest BCUT2D eigenvalue weighted by molar-refractivity contribution is -0.199. The molecule has 1 aromatic rings. The van der Waals surface area contributed by atoms with E-state index in [4.69, 9.17) is 24.4 Å². The summed E-state index contributed by atoms with van der Waals surface area (Å²) in [7, 11) is -1.14. The smallest absolute Gasteiger partial charge is 0.465 e. The number of carbonyl (C=O) groups is 2. The maximum atomic E-state index is 14.5. The second-order valence-electron chi connectivity index (χ2n) is 19.6. The standard InChI is InChI=1S/C40H63B2N3O7/c1-23(2)15-34(42-50-32-21-27-19-30(38(27,6)7)40(32,9)52-42)44-35(46)28(17-25-13-11-10-12-14-25)45(36(47)48)22-24(3)16-33(43)41-49-31-20-26-18-29(37(26,4)5)39(31,8)51-41/h10-14,23-24,26-34H,15-22,43H2,1-9H3,(H,44,46)(H,47,48)/t24?,26-,27-,28?,29-,30-,31+,32-,33-,34+,39-,40-/m0/s1. The molecule has 6 aliphatic carbocycles. The highest BCUT2D eigenvalue weighted by Crippen LogP contribution is 2.67. The minimum absolute atomic E-state index is 0.0157. The molecule has 4 N–H and O–H groups in total. The average molecular weight is 720 g/mol. The van der Waals surface area contributed by atoms with Crippen LogP contribution >= 0.6 is 0 Å². The van der Waals surface area contributed by atoms with Crippen molar-refractivity contribution in [3.63, 3.8) is 0 Å². The Balaban J connectivity index is 1.05. The molecule has 6 saturated carbocycles. The molecule has 0 spiro atoms. The highest BCUT2D eigenvalue weighted by molar-refractivity contribution is 6.48. The van der Waals surface area contributed by atoms with E-state index in [2.05, 4.69) is 60.7 Å². The van der Waals surface area contributed by atoms with Crippen LogP contribution in [0, 0.1) is 46.3 Å². The number of hydrogen-bond donors (Lipinski definition) is 3. The molecular formula is C40H63B2N3O7. The second kappa shape index (κ2) is 13.6. The lowest BCUT2D eigenvalue weighted by Gasteiger charge is -2.64. The van der Waals surface area contributed by atoms with Gasteiger partial charge in [0.05, 0.1) is 29.4 Å². The van der Waals surface area contributed by atoms with Gasteiger partial charge in [-0.2, -0.15) is 0 Å². The van der Waals surface area contributed by atoms with Crippen LogP contribution in [0.15, 0.2) is 30.3 Å². The van der Waals surface area contributed by atoms with Gasteiger partial charge in [-0.25, -0.2) is 4.79 Å². The van der Waals surface area contributed by atoms with Crippen molar-refractivity contribution in [2.45, 2.75) is 149 Å². The molecule has 0 aromatic heterocycles. The highest BCUT2D eigenvalue weighted by Gasteiger charge is 2.69. The van der Waals surface area contributed by atoms with E-state index in [1.807, 2.05) is 37.3 Å². The van der Waals surface area contributed by atoms with E-state index in [-0.39, 0.29) is 59.3 Å². The Bertz CT molecular complexity index is 1500. The minimum atomic E-state index is -1.14. The molecule has 2 aliphatic heterocycles. The summed E-state index contributed by atoms with van der Waals surface area (Å²) in [5.74, 6) is 0.990. The predicted molar refractivity (Wildman–Crippen MR) is 202 cm³/mol. The van der Waals surface area contributed by atoms with E-state index in [1.165, 1.54) is 4.90 Å². The maximum Gasteiger partial charge on any atom is 0.481 e. The van der Waals surface area contributed by atoms with Crippen LogP contribution < -0.4 is 11.1 Å². The number of rotatable bonds is 13. The Hall–Kier alpha value is -2.11. The lowest BCUT2D eigenvalue weighted by Crippen LogP contribution is -2.65. The van der Waals surface area contributed by atoms with Crippen molar-refractivity contribution in [3.8, 4) is 0 Å². The molecule has 286 valence electrons. The van der Waals surface area contributed by atoms with Crippen LogP contribution in [0.1, 0.15) is 106 Å². The van der Waals surface area contributed by atoms with E-state index in [9.17, 15) is 14.7 Å². The first-order valence-electron chi connectivity index (χ1n) is 20.1. The number of nitrogens with two attached hydrogens (primary N) is 1. The molecule has 2 amide bonds. The van der Waals surface area contributed by atoms with Crippen LogP contribution in [0.2, 0.25) is 0 Å². The molecule has 2 unspecified atom stereocenters. The molecule has 1 aromatic carbocycles. The van der Waals surface area contributed by atoms with Crippen molar-refractivity contribution in [1.82, 2.24) is 10.2 Å². The summed E-state index contributed by atoms with van der Waals surface area (Å²) in [5, 5.41) is 14.0. The number of nitrogens with zero attached hydrogens (tertiary/aromatic N) is 1. The number of carbonyl (C=O) groups excluding carboxylic acids is 1.